The number of imidazole rings is 1. The first-order valence-corrected chi connectivity index (χ1v) is 5.53. The lowest BCUT2D eigenvalue weighted by molar-refractivity contribution is 0.634. The number of hydrogen-bond acceptors (Lipinski definition) is 5. The Labute approximate surface area is 99.7 Å². The van der Waals surface area contributed by atoms with E-state index >= 15 is 0 Å². The zero-order valence-corrected chi connectivity index (χ0v) is 9.94. The first-order valence-electron chi connectivity index (χ1n) is 5.53. The Morgan fingerprint density at radius 2 is 2.24 bits per heavy atom. The van der Waals surface area contributed by atoms with Gasteiger partial charge in [-0.05, 0) is 12.3 Å². The number of nitrogens with zero attached hydrogens (tertiary/aromatic N) is 3. The van der Waals surface area contributed by atoms with Crippen molar-refractivity contribution in [2.24, 2.45) is 11.8 Å². The predicted molar refractivity (Wildman–Crippen MR) is 66.0 cm³/mol. The molecule has 4 N–H and O–H groups in total. The number of hydrazine groups is 1. The molecule has 0 amide bonds. The fourth-order valence-electron chi connectivity index (χ4n) is 1.59. The summed E-state index contributed by atoms with van der Waals surface area (Å²) < 4.78 is 0. The molecule has 2 aromatic heterocycles. The lowest BCUT2D eigenvalue weighted by Gasteiger charge is -2.08. The molecule has 0 aromatic carbocycles. The van der Waals surface area contributed by atoms with Gasteiger partial charge in [0, 0.05) is 24.2 Å². The smallest absolute Gasteiger partial charge is 0.197 e. The molecule has 0 saturated heterocycles. The number of nitrogen functional groups attached to an aromatic ring is 1. The summed E-state index contributed by atoms with van der Waals surface area (Å²) in [5.74, 6) is 7.73. The minimum absolute atomic E-state index is 0.528. The highest BCUT2D eigenvalue weighted by Gasteiger charge is 2.09. The van der Waals surface area contributed by atoms with Gasteiger partial charge in [0.05, 0.1) is 0 Å². The topological polar surface area (TPSA) is 92.5 Å². The molecule has 0 aliphatic carbocycles. The third-order valence-corrected chi connectivity index (χ3v) is 2.25. The zero-order valence-electron chi connectivity index (χ0n) is 9.94. The lowest BCUT2D eigenvalue weighted by atomic mass is 10.1. The largest absolute Gasteiger partial charge is 0.342 e. The van der Waals surface area contributed by atoms with Crippen LogP contribution in [0.3, 0.4) is 0 Å². The van der Waals surface area contributed by atoms with Gasteiger partial charge in [0.1, 0.15) is 5.82 Å². The van der Waals surface area contributed by atoms with E-state index in [0.29, 0.717) is 23.4 Å². The van der Waals surface area contributed by atoms with E-state index in [1.165, 1.54) is 0 Å². The SMILES string of the molecule is CC(C)Cc1cc(NN)nc(-c2ncc[nH]2)n1. The van der Waals surface area contributed by atoms with Crippen molar-refractivity contribution in [2.45, 2.75) is 20.3 Å². The van der Waals surface area contributed by atoms with Crippen molar-refractivity contribution in [3.8, 4) is 11.6 Å². The quantitative estimate of drug-likeness (QED) is 0.546. The monoisotopic (exact) mass is 232 g/mol. The normalized spacial score (nSPS) is 10.8. The van der Waals surface area contributed by atoms with E-state index in [2.05, 4.69) is 39.2 Å². The maximum absolute atomic E-state index is 5.40. The third-order valence-electron chi connectivity index (χ3n) is 2.25. The molecule has 0 spiro atoms. The number of anilines is 1. The van der Waals surface area contributed by atoms with Crippen LogP contribution in [0.5, 0.6) is 0 Å². The van der Waals surface area contributed by atoms with E-state index in [1.54, 1.807) is 12.4 Å². The molecule has 0 aliphatic rings. The molecule has 2 rings (SSSR count). The summed E-state index contributed by atoms with van der Waals surface area (Å²) in [5.41, 5.74) is 3.50. The van der Waals surface area contributed by atoms with Gasteiger partial charge in [0.15, 0.2) is 11.6 Å². The fraction of sp³-hybridized carbons (Fsp3) is 0.364. The van der Waals surface area contributed by atoms with Crippen LogP contribution >= 0.6 is 0 Å². The maximum Gasteiger partial charge on any atom is 0.197 e. The lowest BCUT2D eigenvalue weighted by Crippen LogP contribution is -2.11. The second kappa shape index (κ2) is 4.92. The van der Waals surface area contributed by atoms with Crippen LogP contribution in [-0.4, -0.2) is 19.9 Å². The summed E-state index contributed by atoms with van der Waals surface area (Å²) in [5, 5.41) is 0. The molecular weight excluding hydrogens is 216 g/mol. The molecule has 0 fully saturated rings. The fourth-order valence-corrected chi connectivity index (χ4v) is 1.59. The Hall–Kier alpha value is -1.95. The number of H-pyrrole nitrogens is 1. The van der Waals surface area contributed by atoms with Gasteiger partial charge in [-0.25, -0.2) is 20.8 Å². The van der Waals surface area contributed by atoms with E-state index in [9.17, 15) is 0 Å². The first kappa shape index (κ1) is 11.5. The summed E-state index contributed by atoms with van der Waals surface area (Å²) in [4.78, 5) is 15.8. The average Bonchev–Trinajstić information content (AvgIpc) is 2.81. The second-order valence-electron chi connectivity index (χ2n) is 4.25. The molecular formula is C11H16N6. The molecule has 0 radical (unpaired) electrons. The van der Waals surface area contributed by atoms with Crippen LogP contribution in [0.25, 0.3) is 11.6 Å². The van der Waals surface area contributed by atoms with Gasteiger partial charge < -0.3 is 10.4 Å². The van der Waals surface area contributed by atoms with Crippen LogP contribution in [0.4, 0.5) is 5.82 Å². The highest BCUT2D eigenvalue weighted by atomic mass is 15.3. The van der Waals surface area contributed by atoms with Crippen LogP contribution in [0.15, 0.2) is 18.5 Å². The molecule has 17 heavy (non-hydrogen) atoms. The van der Waals surface area contributed by atoms with Gasteiger partial charge in [-0.15, -0.1) is 0 Å². The maximum atomic E-state index is 5.40. The Kier molecular flexibility index (Phi) is 3.34. The van der Waals surface area contributed by atoms with Crippen LogP contribution < -0.4 is 11.3 Å². The van der Waals surface area contributed by atoms with Crippen molar-refractivity contribution in [3.05, 3.63) is 24.2 Å². The van der Waals surface area contributed by atoms with Crippen molar-refractivity contribution < 1.29 is 0 Å². The minimum Gasteiger partial charge on any atom is -0.342 e. The van der Waals surface area contributed by atoms with E-state index in [0.717, 1.165) is 12.1 Å². The highest BCUT2D eigenvalue weighted by Crippen LogP contribution is 2.15. The van der Waals surface area contributed by atoms with E-state index in [-0.39, 0.29) is 0 Å². The first-order chi connectivity index (χ1) is 8.19. The summed E-state index contributed by atoms with van der Waals surface area (Å²) in [6, 6.07) is 1.85. The number of aromatic nitrogens is 4. The van der Waals surface area contributed by atoms with E-state index in [4.69, 9.17) is 5.84 Å². The van der Waals surface area contributed by atoms with Crippen LogP contribution in [0.1, 0.15) is 19.5 Å². The van der Waals surface area contributed by atoms with Gasteiger partial charge in [-0.1, -0.05) is 13.8 Å². The molecule has 0 saturated carbocycles. The summed E-state index contributed by atoms with van der Waals surface area (Å²) in [6.07, 6.45) is 4.29. The molecule has 6 heteroatoms. The predicted octanol–water partition coefficient (Wildman–Crippen LogP) is 1.35. The van der Waals surface area contributed by atoms with Crippen LogP contribution in [0, 0.1) is 5.92 Å². The van der Waals surface area contributed by atoms with Crippen molar-refractivity contribution in [1.29, 1.82) is 0 Å². The number of aromatic amines is 1. The zero-order chi connectivity index (χ0) is 12.3. The molecule has 2 heterocycles. The Morgan fingerprint density at radius 3 is 2.82 bits per heavy atom. The third kappa shape index (κ3) is 2.79. The van der Waals surface area contributed by atoms with E-state index in [1.807, 2.05) is 6.07 Å². The minimum atomic E-state index is 0.528. The number of nitrogens with two attached hydrogens (primary N) is 1. The van der Waals surface area contributed by atoms with Crippen LogP contribution in [0.2, 0.25) is 0 Å². The van der Waals surface area contributed by atoms with Gasteiger partial charge >= 0.3 is 0 Å². The van der Waals surface area contributed by atoms with Crippen molar-refractivity contribution in [2.75, 3.05) is 5.43 Å². The number of hydrogen-bond donors (Lipinski definition) is 3. The average molecular weight is 232 g/mol. The molecule has 0 aliphatic heterocycles. The standard InChI is InChI=1S/C11H16N6/c1-7(2)5-8-6-9(17-12)16-11(15-8)10-13-3-4-14-10/h3-4,6-7H,5,12H2,1-2H3,(H,13,14)(H,15,16,17). The van der Waals surface area contributed by atoms with Gasteiger partial charge in [-0.3, -0.25) is 0 Å². The van der Waals surface area contributed by atoms with Gasteiger partial charge in [0.25, 0.3) is 0 Å². The molecule has 2 aromatic rings. The Bertz CT molecular complexity index is 477. The van der Waals surface area contributed by atoms with Crippen molar-refractivity contribution in [1.82, 2.24) is 19.9 Å². The number of rotatable bonds is 4. The Balaban J connectivity index is 2.38. The van der Waals surface area contributed by atoms with E-state index < -0.39 is 0 Å². The summed E-state index contributed by atoms with van der Waals surface area (Å²) >= 11 is 0. The molecule has 0 atom stereocenters. The molecule has 90 valence electrons. The number of nitrogens with one attached hydrogen (secondary N) is 2. The van der Waals surface area contributed by atoms with Crippen molar-refractivity contribution in [3.63, 3.8) is 0 Å². The van der Waals surface area contributed by atoms with Crippen molar-refractivity contribution >= 4 is 5.82 Å². The Morgan fingerprint density at radius 1 is 1.41 bits per heavy atom. The molecule has 0 unspecified atom stereocenters. The molecule has 0 bridgehead atoms. The van der Waals surface area contributed by atoms with Gasteiger partial charge in [0.2, 0.25) is 0 Å². The summed E-state index contributed by atoms with van der Waals surface area (Å²) in [6.45, 7) is 4.29. The summed E-state index contributed by atoms with van der Waals surface area (Å²) in [7, 11) is 0. The van der Waals surface area contributed by atoms with Gasteiger partial charge in [-0.2, -0.15) is 0 Å². The molecule has 6 nitrogen and oxygen atoms in total. The highest BCUT2D eigenvalue weighted by molar-refractivity contribution is 5.48. The van der Waals surface area contributed by atoms with Crippen LogP contribution in [-0.2, 0) is 6.42 Å². The second-order valence-corrected chi connectivity index (χ2v) is 4.25.